The number of carboxylic acids is 1. The average Bonchev–Trinajstić information content (AvgIpc) is 2.26. The number of aromatic nitrogens is 1. The van der Waals surface area contributed by atoms with Crippen LogP contribution >= 0.6 is 15.9 Å². The van der Waals surface area contributed by atoms with E-state index in [1.807, 2.05) is 13.8 Å². The Kier molecular flexibility index (Phi) is 5.27. The van der Waals surface area contributed by atoms with E-state index in [0.29, 0.717) is 16.7 Å². The Labute approximate surface area is 114 Å². The summed E-state index contributed by atoms with van der Waals surface area (Å²) in [5.41, 5.74) is 0.374. The lowest BCUT2D eigenvalue weighted by molar-refractivity contribution is -0.137. The van der Waals surface area contributed by atoms with Crippen LogP contribution in [0.1, 0.15) is 24.2 Å². The fourth-order valence-corrected chi connectivity index (χ4v) is 1.96. The number of halogens is 1. The van der Waals surface area contributed by atoms with Crippen molar-refractivity contribution in [2.45, 2.75) is 13.8 Å². The van der Waals surface area contributed by atoms with Crippen LogP contribution in [0.2, 0.25) is 0 Å². The van der Waals surface area contributed by atoms with Gasteiger partial charge in [-0.05, 0) is 34.0 Å². The molecule has 1 N–H and O–H groups in total. The van der Waals surface area contributed by atoms with Gasteiger partial charge < -0.3 is 10.0 Å². The van der Waals surface area contributed by atoms with Crippen LogP contribution in [0.15, 0.2) is 22.9 Å². The zero-order valence-electron chi connectivity index (χ0n) is 10.3. The normalized spacial score (nSPS) is 10.4. The summed E-state index contributed by atoms with van der Waals surface area (Å²) in [6.07, 6.45) is 1.56. The lowest BCUT2D eigenvalue weighted by Crippen LogP contribution is -2.38. The third-order valence-electron chi connectivity index (χ3n) is 2.19. The lowest BCUT2D eigenvalue weighted by Gasteiger charge is -2.23. The summed E-state index contributed by atoms with van der Waals surface area (Å²) in [6, 6.07) is 3.26. The number of carbonyl (C=O) groups excluding carboxylic acids is 1. The molecule has 1 heterocycles. The molecule has 0 bridgehead atoms. The first-order chi connectivity index (χ1) is 8.41. The number of rotatable bonds is 5. The van der Waals surface area contributed by atoms with Crippen molar-refractivity contribution in [2.24, 2.45) is 5.92 Å². The van der Waals surface area contributed by atoms with Gasteiger partial charge in [-0.2, -0.15) is 0 Å². The number of carboxylic acid groups (broad SMARTS) is 1. The molecule has 1 rings (SSSR count). The molecule has 5 nitrogen and oxygen atoms in total. The van der Waals surface area contributed by atoms with Gasteiger partial charge in [-0.15, -0.1) is 0 Å². The molecule has 18 heavy (non-hydrogen) atoms. The van der Waals surface area contributed by atoms with Crippen LogP contribution in [0.4, 0.5) is 0 Å². The zero-order valence-corrected chi connectivity index (χ0v) is 11.8. The smallest absolute Gasteiger partial charge is 0.323 e. The highest BCUT2D eigenvalue weighted by Crippen LogP contribution is 2.15. The van der Waals surface area contributed by atoms with Gasteiger partial charge in [0.2, 0.25) is 0 Å². The van der Waals surface area contributed by atoms with Crippen molar-refractivity contribution in [1.29, 1.82) is 0 Å². The highest BCUT2D eigenvalue weighted by molar-refractivity contribution is 9.10. The number of pyridine rings is 1. The standard InChI is InChI=1S/C12H15BrN2O3/c1-8(2)6-15(7-10(16)17)12(18)9-4-3-5-14-11(9)13/h3-5,8H,6-7H2,1-2H3,(H,16,17). The van der Waals surface area contributed by atoms with E-state index in [9.17, 15) is 9.59 Å². The number of hydrogen-bond donors (Lipinski definition) is 1. The third kappa shape index (κ3) is 4.10. The van der Waals surface area contributed by atoms with Crippen LogP contribution in [0, 0.1) is 5.92 Å². The van der Waals surface area contributed by atoms with Crippen LogP contribution in [-0.4, -0.2) is 40.0 Å². The Morgan fingerprint density at radius 3 is 2.67 bits per heavy atom. The number of amides is 1. The molecule has 0 atom stereocenters. The van der Waals surface area contributed by atoms with E-state index >= 15 is 0 Å². The molecule has 0 aliphatic heterocycles. The molecule has 0 aliphatic rings. The number of hydrogen-bond acceptors (Lipinski definition) is 3. The quantitative estimate of drug-likeness (QED) is 0.844. The minimum Gasteiger partial charge on any atom is -0.480 e. The van der Waals surface area contributed by atoms with E-state index in [-0.39, 0.29) is 18.4 Å². The van der Waals surface area contributed by atoms with Crippen LogP contribution < -0.4 is 0 Å². The second-order valence-corrected chi connectivity index (χ2v) is 5.07. The SMILES string of the molecule is CC(C)CN(CC(=O)O)C(=O)c1cccnc1Br. The van der Waals surface area contributed by atoms with E-state index in [1.165, 1.54) is 4.90 Å². The summed E-state index contributed by atoms with van der Waals surface area (Å²) in [7, 11) is 0. The summed E-state index contributed by atoms with van der Waals surface area (Å²) in [4.78, 5) is 28.3. The number of nitrogens with zero attached hydrogens (tertiary/aromatic N) is 2. The van der Waals surface area contributed by atoms with Crippen molar-refractivity contribution in [3.63, 3.8) is 0 Å². The van der Waals surface area contributed by atoms with Gasteiger partial charge in [-0.1, -0.05) is 13.8 Å². The lowest BCUT2D eigenvalue weighted by atomic mass is 10.2. The molecule has 0 radical (unpaired) electrons. The molecule has 1 amide bonds. The Hall–Kier alpha value is -1.43. The van der Waals surface area contributed by atoms with Crippen molar-refractivity contribution >= 4 is 27.8 Å². The summed E-state index contributed by atoms with van der Waals surface area (Å²) in [6.45, 7) is 3.95. The Morgan fingerprint density at radius 1 is 1.50 bits per heavy atom. The van der Waals surface area contributed by atoms with Crippen molar-refractivity contribution in [2.75, 3.05) is 13.1 Å². The molecule has 1 aromatic heterocycles. The second-order valence-electron chi connectivity index (χ2n) is 4.32. The van der Waals surface area contributed by atoms with Gasteiger partial charge in [0.15, 0.2) is 0 Å². The summed E-state index contributed by atoms with van der Waals surface area (Å²) in [5.74, 6) is -1.15. The molecule has 0 aromatic carbocycles. The van der Waals surface area contributed by atoms with Crippen LogP contribution in [0.5, 0.6) is 0 Å². The van der Waals surface area contributed by atoms with Gasteiger partial charge >= 0.3 is 5.97 Å². The van der Waals surface area contributed by atoms with Crippen LogP contribution in [0.25, 0.3) is 0 Å². The Balaban J connectivity index is 2.95. The Bertz CT molecular complexity index is 449. The minimum atomic E-state index is -1.02. The van der Waals surface area contributed by atoms with Gasteiger partial charge in [0, 0.05) is 12.7 Å². The average molecular weight is 315 g/mol. The molecular formula is C12H15BrN2O3. The van der Waals surface area contributed by atoms with E-state index in [1.54, 1.807) is 18.3 Å². The molecular weight excluding hydrogens is 300 g/mol. The zero-order chi connectivity index (χ0) is 13.7. The maximum atomic E-state index is 12.2. The van der Waals surface area contributed by atoms with Gasteiger partial charge in [-0.3, -0.25) is 9.59 Å². The Morgan fingerprint density at radius 2 is 2.17 bits per heavy atom. The van der Waals surface area contributed by atoms with E-state index in [0.717, 1.165) is 0 Å². The highest BCUT2D eigenvalue weighted by atomic mass is 79.9. The summed E-state index contributed by atoms with van der Waals surface area (Å²) < 4.78 is 0.425. The summed E-state index contributed by atoms with van der Waals surface area (Å²) >= 11 is 3.19. The molecule has 0 saturated carbocycles. The van der Waals surface area contributed by atoms with Crippen molar-refractivity contribution in [1.82, 2.24) is 9.88 Å². The van der Waals surface area contributed by atoms with Gasteiger partial charge in [0.05, 0.1) is 5.56 Å². The van der Waals surface area contributed by atoms with E-state index in [2.05, 4.69) is 20.9 Å². The molecule has 1 aromatic rings. The predicted octanol–water partition coefficient (Wildman–Crippen LogP) is 2.03. The molecule has 0 saturated heterocycles. The maximum absolute atomic E-state index is 12.2. The van der Waals surface area contributed by atoms with Crippen molar-refractivity contribution < 1.29 is 14.7 Å². The molecule has 0 spiro atoms. The topological polar surface area (TPSA) is 70.5 Å². The second kappa shape index (κ2) is 6.49. The maximum Gasteiger partial charge on any atom is 0.323 e. The highest BCUT2D eigenvalue weighted by Gasteiger charge is 2.21. The third-order valence-corrected chi connectivity index (χ3v) is 2.82. The van der Waals surface area contributed by atoms with Gasteiger partial charge in [0.1, 0.15) is 11.1 Å². The number of carbonyl (C=O) groups is 2. The molecule has 98 valence electrons. The van der Waals surface area contributed by atoms with Crippen LogP contribution in [0.3, 0.4) is 0 Å². The molecule has 0 fully saturated rings. The molecule has 6 heteroatoms. The molecule has 0 aliphatic carbocycles. The van der Waals surface area contributed by atoms with Gasteiger partial charge in [0.25, 0.3) is 5.91 Å². The van der Waals surface area contributed by atoms with E-state index < -0.39 is 5.97 Å². The summed E-state index contributed by atoms with van der Waals surface area (Å²) in [5, 5.41) is 8.84. The fraction of sp³-hybridized carbons (Fsp3) is 0.417. The fourth-order valence-electron chi connectivity index (χ4n) is 1.54. The van der Waals surface area contributed by atoms with Gasteiger partial charge in [-0.25, -0.2) is 4.98 Å². The monoisotopic (exact) mass is 314 g/mol. The van der Waals surface area contributed by atoms with E-state index in [4.69, 9.17) is 5.11 Å². The number of aliphatic carboxylic acids is 1. The minimum absolute atomic E-state index is 0.198. The molecule has 0 unspecified atom stereocenters. The first-order valence-corrected chi connectivity index (χ1v) is 6.32. The van der Waals surface area contributed by atoms with Crippen molar-refractivity contribution in [3.05, 3.63) is 28.5 Å². The van der Waals surface area contributed by atoms with Crippen LogP contribution in [-0.2, 0) is 4.79 Å². The first-order valence-electron chi connectivity index (χ1n) is 5.53. The van der Waals surface area contributed by atoms with Crippen molar-refractivity contribution in [3.8, 4) is 0 Å². The predicted molar refractivity (Wildman–Crippen MR) is 70.3 cm³/mol. The largest absolute Gasteiger partial charge is 0.480 e. The first kappa shape index (κ1) is 14.6.